The maximum atomic E-state index is 13.2. The van der Waals surface area contributed by atoms with Crippen molar-refractivity contribution in [2.24, 2.45) is 0 Å². The minimum Gasteiger partial charge on any atom is -0.289 e. The van der Waals surface area contributed by atoms with Crippen LogP contribution in [0.25, 0.3) is 47.2 Å². The highest BCUT2D eigenvalue weighted by Crippen LogP contribution is 2.42. The standard InChI is InChI=1S/C33H20OS5/c34-26-13-12-22-21(5-1-6-24(22)28-14-16-32(38-28)30-8-3-19-36-30)23(26)10-11-25(27-7-2-18-35-27)29-15-17-33(39-29)31-9-4-20-37-31/h1-20H/b23-10+,25-11+. The van der Waals surface area contributed by atoms with Crippen molar-refractivity contribution in [3.63, 3.8) is 0 Å². The topological polar surface area (TPSA) is 17.1 Å². The first kappa shape index (κ1) is 24.6. The first-order chi connectivity index (χ1) is 19.2. The number of carbonyl (C=O) groups excluding carboxylic acids is 1. The molecule has 5 heterocycles. The van der Waals surface area contributed by atoms with Crippen molar-refractivity contribution in [2.75, 3.05) is 0 Å². The number of thiophene rings is 5. The highest BCUT2D eigenvalue weighted by Gasteiger charge is 2.21. The summed E-state index contributed by atoms with van der Waals surface area (Å²) in [6.45, 7) is 0. The van der Waals surface area contributed by atoms with Crippen LogP contribution >= 0.6 is 56.7 Å². The minimum atomic E-state index is 0.0392. The predicted molar refractivity (Wildman–Crippen MR) is 174 cm³/mol. The number of rotatable bonds is 6. The van der Waals surface area contributed by atoms with Gasteiger partial charge in [0, 0.05) is 45.3 Å². The highest BCUT2D eigenvalue weighted by atomic mass is 32.1. The maximum absolute atomic E-state index is 13.2. The van der Waals surface area contributed by atoms with E-state index in [2.05, 4.69) is 101 Å². The summed E-state index contributed by atoms with van der Waals surface area (Å²) in [5.41, 5.74) is 5.12. The Kier molecular flexibility index (Phi) is 6.72. The lowest BCUT2D eigenvalue weighted by atomic mass is 9.87. The second kappa shape index (κ2) is 10.6. The molecule has 5 aromatic heterocycles. The molecule has 0 saturated heterocycles. The molecule has 1 aliphatic rings. The van der Waals surface area contributed by atoms with Crippen molar-refractivity contribution in [3.8, 4) is 29.9 Å². The second-order valence-corrected chi connectivity index (χ2v) is 13.9. The monoisotopic (exact) mass is 592 g/mol. The van der Waals surface area contributed by atoms with Crippen molar-refractivity contribution in [1.29, 1.82) is 0 Å². The van der Waals surface area contributed by atoms with Gasteiger partial charge in [-0.05, 0) is 93.5 Å². The molecule has 1 aromatic carbocycles. The van der Waals surface area contributed by atoms with Gasteiger partial charge in [0.2, 0.25) is 0 Å². The fourth-order valence-electron chi connectivity index (χ4n) is 4.70. The molecule has 0 spiro atoms. The molecule has 6 heteroatoms. The average molecular weight is 593 g/mol. The summed E-state index contributed by atoms with van der Waals surface area (Å²) in [5, 5.41) is 6.33. The fourth-order valence-corrected chi connectivity index (χ4v) is 9.29. The van der Waals surface area contributed by atoms with Gasteiger partial charge in [0.05, 0.1) is 0 Å². The number of ketones is 1. The van der Waals surface area contributed by atoms with E-state index in [-0.39, 0.29) is 5.78 Å². The van der Waals surface area contributed by atoms with Crippen LogP contribution in [0.15, 0.2) is 113 Å². The van der Waals surface area contributed by atoms with Gasteiger partial charge >= 0.3 is 0 Å². The Balaban J connectivity index is 1.30. The van der Waals surface area contributed by atoms with Crippen LogP contribution in [0.5, 0.6) is 0 Å². The molecule has 1 aliphatic carbocycles. The van der Waals surface area contributed by atoms with Crippen LogP contribution in [0.2, 0.25) is 0 Å². The molecule has 0 radical (unpaired) electrons. The van der Waals surface area contributed by atoms with Crippen LogP contribution in [0, 0.1) is 0 Å². The molecule has 0 atom stereocenters. The van der Waals surface area contributed by atoms with Crippen LogP contribution < -0.4 is 0 Å². The maximum Gasteiger partial charge on any atom is 0.186 e. The molecule has 0 amide bonds. The summed E-state index contributed by atoms with van der Waals surface area (Å²) < 4.78 is 0. The van der Waals surface area contributed by atoms with Gasteiger partial charge in [-0.3, -0.25) is 4.79 Å². The van der Waals surface area contributed by atoms with Gasteiger partial charge in [0.25, 0.3) is 0 Å². The van der Waals surface area contributed by atoms with E-state index in [1.807, 2.05) is 12.2 Å². The Hall–Kier alpha value is -3.39. The molecule has 188 valence electrons. The molecule has 0 fully saturated rings. The summed E-state index contributed by atoms with van der Waals surface area (Å²) >= 11 is 8.83. The quantitative estimate of drug-likeness (QED) is 0.176. The molecule has 0 unspecified atom stereocenters. The SMILES string of the molecule is O=C1C=Cc2c(cccc2-c2ccc(-c3cccs3)s2)/C1=C\C=C(/c1cccs1)c1ccc(-c2cccs2)s1. The highest BCUT2D eigenvalue weighted by molar-refractivity contribution is 7.23. The van der Waals surface area contributed by atoms with E-state index in [0.717, 1.165) is 27.8 Å². The fraction of sp³-hybridized carbons (Fsp3) is 0. The Morgan fingerprint density at radius 1 is 0.564 bits per heavy atom. The van der Waals surface area contributed by atoms with Gasteiger partial charge in [0.1, 0.15) is 0 Å². The van der Waals surface area contributed by atoms with Crippen LogP contribution in [0.4, 0.5) is 0 Å². The molecular formula is C33H20OS5. The predicted octanol–water partition coefficient (Wildman–Crippen LogP) is 11.1. The Bertz CT molecular complexity index is 1850. The van der Waals surface area contributed by atoms with Gasteiger partial charge in [-0.25, -0.2) is 0 Å². The van der Waals surface area contributed by atoms with Crippen LogP contribution in [-0.2, 0) is 4.79 Å². The van der Waals surface area contributed by atoms with Gasteiger partial charge in [0.15, 0.2) is 5.78 Å². The van der Waals surface area contributed by atoms with Crippen molar-refractivity contribution in [1.82, 2.24) is 0 Å². The molecule has 0 N–H and O–H groups in total. The van der Waals surface area contributed by atoms with E-state index >= 15 is 0 Å². The molecule has 0 bridgehead atoms. The minimum absolute atomic E-state index is 0.0392. The molecule has 6 aromatic rings. The van der Waals surface area contributed by atoms with E-state index in [1.54, 1.807) is 62.8 Å². The van der Waals surface area contributed by atoms with E-state index in [1.165, 1.54) is 34.1 Å². The third-order valence-corrected chi connectivity index (χ3v) is 11.8. The van der Waals surface area contributed by atoms with Gasteiger partial charge in [-0.15, -0.1) is 56.7 Å². The third kappa shape index (κ3) is 4.80. The zero-order valence-corrected chi connectivity index (χ0v) is 24.6. The van der Waals surface area contributed by atoms with Gasteiger partial charge < -0.3 is 0 Å². The summed E-state index contributed by atoms with van der Waals surface area (Å²) in [5.74, 6) is 0.0392. The van der Waals surface area contributed by atoms with Crippen molar-refractivity contribution < 1.29 is 4.79 Å². The number of hydrogen-bond acceptors (Lipinski definition) is 6. The lowest BCUT2D eigenvalue weighted by Gasteiger charge is -2.16. The number of fused-ring (bicyclic) bond motifs is 1. The van der Waals surface area contributed by atoms with Gasteiger partial charge in [-0.2, -0.15) is 0 Å². The molecule has 0 saturated carbocycles. The first-order valence-corrected chi connectivity index (χ1v) is 16.6. The number of benzene rings is 1. The van der Waals surface area contributed by atoms with Crippen LogP contribution in [-0.4, -0.2) is 5.78 Å². The van der Waals surface area contributed by atoms with E-state index in [0.29, 0.717) is 0 Å². The Morgan fingerprint density at radius 2 is 1.26 bits per heavy atom. The van der Waals surface area contributed by atoms with Crippen LogP contribution in [0.3, 0.4) is 0 Å². The van der Waals surface area contributed by atoms with Crippen molar-refractivity contribution in [2.45, 2.75) is 0 Å². The van der Waals surface area contributed by atoms with E-state index in [4.69, 9.17) is 0 Å². The molecular weight excluding hydrogens is 573 g/mol. The molecule has 1 nitrogen and oxygen atoms in total. The molecule has 0 aliphatic heterocycles. The lowest BCUT2D eigenvalue weighted by Crippen LogP contribution is -2.05. The smallest absolute Gasteiger partial charge is 0.186 e. The molecule has 39 heavy (non-hydrogen) atoms. The number of allylic oxidation sites excluding steroid dienone is 4. The zero-order valence-electron chi connectivity index (χ0n) is 20.5. The van der Waals surface area contributed by atoms with Gasteiger partial charge in [-0.1, -0.05) is 42.5 Å². The third-order valence-electron chi connectivity index (χ3n) is 6.54. The normalized spacial score (nSPS) is 14.3. The van der Waals surface area contributed by atoms with Crippen molar-refractivity contribution >= 4 is 79.7 Å². The average Bonchev–Trinajstić information content (AvgIpc) is 3.80. The number of carbonyl (C=O) groups is 1. The summed E-state index contributed by atoms with van der Waals surface area (Å²) in [6.07, 6.45) is 7.83. The lowest BCUT2D eigenvalue weighted by molar-refractivity contribution is -0.109. The largest absolute Gasteiger partial charge is 0.289 e. The second-order valence-electron chi connectivity index (χ2n) is 8.88. The molecule has 7 rings (SSSR count). The Labute approximate surface area is 247 Å². The van der Waals surface area contributed by atoms with Crippen molar-refractivity contribution in [3.05, 3.63) is 134 Å². The summed E-state index contributed by atoms with van der Waals surface area (Å²) in [6, 6.07) is 27.8. The zero-order chi connectivity index (χ0) is 26.2. The summed E-state index contributed by atoms with van der Waals surface area (Å²) in [4.78, 5) is 21.9. The Morgan fingerprint density at radius 3 is 2.00 bits per heavy atom. The van der Waals surface area contributed by atoms with E-state index in [9.17, 15) is 4.79 Å². The number of hydrogen-bond donors (Lipinski definition) is 0. The first-order valence-electron chi connectivity index (χ1n) is 12.3. The summed E-state index contributed by atoms with van der Waals surface area (Å²) in [7, 11) is 0. The van der Waals surface area contributed by atoms with Crippen LogP contribution in [0.1, 0.15) is 20.9 Å². The van der Waals surface area contributed by atoms with E-state index < -0.39 is 0 Å².